The first-order chi connectivity index (χ1) is 5.59. The van der Waals surface area contributed by atoms with Crippen molar-refractivity contribution in [2.45, 2.75) is 20.3 Å². The summed E-state index contributed by atoms with van der Waals surface area (Å²) < 4.78 is 0. The van der Waals surface area contributed by atoms with E-state index in [2.05, 4.69) is 18.8 Å². The minimum Gasteiger partial charge on any atom is -0.505 e. The van der Waals surface area contributed by atoms with E-state index in [1.807, 2.05) is 0 Å². The number of aromatic hydroxyl groups is 1. The van der Waals surface area contributed by atoms with E-state index in [1.165, 1.54) is 0 Å². The number of rotatable bonds is 2. The molecule has 0 aliphatic rings. The summed E-state index contributed by atoms with van der Waals surface area (Å²) in [7, 11) is 0. The average molecular weight is 186 g/mol. The van der Waals surface area contributed by atoms with Gasteiger partial charge in [0, 0.05) is 6.20 Å². The van der Waals surface area contributed by atoms with Crippen LogP contribution in [0.5, 0.6) is 5.75 Å². The van der Waals surface area contributed by atoms with E-state index in [4.69, 9.17) is 11.6 Å². The van der Waals surface area contributed by atoms with Gasteiger partial charge >= 0.3 is 0 Å². The van der Waals surface area contributed by atoms with Crippen LogP contribution in [0.4, 0.5) is 0 Å². The molecule has 66 valence electrons. The van der Waals surface area contributed by atoms with Gasteiger partial charge in [-0.3, -0.25) is 0 Å². The molecule has 0 unspecified atom stereocenters. The lowest BCUT2D eigenvalue weighted by atomic mass is 10.1. The van der Waals surface area contributed by atoms with Crippen LogP contribution in [-0.2, 0) is 6.42 Å². The quantitative estimate of drug-likeness (QED) is 0.719. The van der Waals surface area contributed by atoms with Crippen molar-refractivity contribution in [1.29, 1.82) is 0 Å². The Kier molecular flexibility index (Phi) is 2.93. The number of aromatic nitrogens is 1. The summed E-state index contributed by atoms with van der Waals surface area (Å²) in [5.41, 5.74) is 1.02. The van der Waals surface area contributed by atoms with Crippen molar-refractivity contribution >= 4 is 11.6 Å². The van der Waals surface area contributed by atoms with E-state index in [1.54, 1.807) is 12.3 Å². The predicted octanol–water partition coefficient (Wildman–Crippen LogP) is 2.64. The van der Waals surface area contributed by atoms with Gasteiger partial charge in [0.25, 0.3) is 0 Å². The summed E-state index contributed by atoms with van der Waals surface area (Å²) in [5, 5.41) is 9.39. The molecule has 1 heterocycles. The molecule has 0 aliphatic carbocycles. The lowest BCUT2D eigenvalue weighted by Gasteiger charge is -2.04. The first kappa shape index (κ1) is 9.33. The van der Waals surface area contributed by atoms with Gasteiger partial charge in [0.1, 0.15) is 0 Å². The minimum atomic E-state index is 0.0646. The van der Waals surface area contributed by atoms with Crippen LogP contribution in [0.15, 0.2) is 12.3 Å². The SMILES string of the molecule is CC(C)Cc1cnc(Cl)c(O)c1. The largest absolute Gasteiger partial charge is 0.505 e. The highest BCUT2D eigenvalue weighted by Crippen LogP contribution is 2.21. The molecule has 0 saturated heterocycles. The standard InChI is InChI=1S/C9H12ClNO/c1-6(2)3-7-4-8(12)9(10)11-5-7/h4-6,12H,3H2,1-2H3. The van der Waals surface area contributed by atoms with Crippen LogP contribution in [0.25, 0.3) is 0 Å². The number of hydrogen-bond donors (Lipinski definition) is 1. The van der Waals surface area contributed by atoms with Crippen LogP contribution in [-0.4, -0.2) is 10.1 Å². The van der Waals surface area contributed by atoms with Crippen molar-refractivity contribution in [1.82, 2.24) is 4.98 Å². The van der Waals surface area contributed by atoms with Crippen molar-refractivity contribution in [2.75, 3.05) is 0 Å². The van der Waals surface area contributed by atoms with Gasteiger partial charge in [0.05, 0.1) is 0 Å². The summed E-state index contributed by atoms with van der Waals surface area (Å²) in [6.07, 6.45) is 2.61. The van der Waals surface area contributed by atoms with Crippen molar-refractivity contribution in [2.24, 2.45) is 5.92 Å². The van der Waals surface area contributed by atoms with Crippen LogP contribution in [0.1, 0.15) is 19.4 Å². The van der Waals surface area contributed by atoms with Crippen LogP contribution >= 0.6 is 11.6 Å². The van der Waals surface area contributed by atoms with Gasteiger partial charge in [-0.2, -0.15) is 0 Å². The first-order valence-corrected chi connectivity index (χ1v) is 4.30. The fraction of sp³-hybridized carbons (Fsp3) is 0.444. The minimum absolute atomic E-state index is 0.0646. The van der Waals surface area contributed by atoms with Crippen LogP contribution in [0.3, 0.4) is 0 Å². The van der Waals surface area contributed by atoms with E-state index in [0.717, 1.165) is 12.0 Å². The number of hydrogen-bond acceptors (Lipinski definition) is 2. The summed E-state index contributed by atoms with van der Waals surface area (Å²) in [6, 6.07) is 1.66. The molecule has 0 aliphatic heterocycles. The number of nitrogens with zero attached hydrogens (tertiary/aromatic N) is 1. The zero-order chi connectivity index (χ0) is 9.14. The third-order valence-electron chi connectivity index (χ3n) is 1.52. The zero-order valence-electron chi connectivity index (χ0n) is 7.21. The Balaban J connectivity index is 2.82. The van der Waals surface area contributed by atoms with Gasteiger partial charge < -0.3 is 5.11 Å². The topological polar surface area (TPSA) is 33.1 Å². The van der Waals surface area contributed by atoms with E-state index in [9.17, 15) is 5.11 Å². The van der Waals surface area contributed by atoms with Gasteiger partial charge in [0.2, 0.25) is 0 Å². The molecule has 0 amide bonds. The highest BCUT2D eigenvalue weighted by Gasteiger charge is 2.02. The second kappa shape index (κ2) is 3.76. The summed E-state index contributed by atoms with van der Waals surface area (Å²) in [6.45, 7) is 4.23. The summed E-state index contributed by atoms with van der Waals surface area (Å²) in [5.74, 6) is 0.627. The van der Waals surface area contributed by atoms with Gasteiger partial charge in [-0.25, -0.2) is 4.98 Å². The molecule has 1 N–H and O–H groups in total. The molecule has 1 aromatic heterocycles. The summed E-state index contributed by atoms with van der Waals surface area (Å²) >= 11 is 5.56. The molecule has 0 saturated carbocycles. The number of pyridine rings is 1. The van der Waals surface area contributed by atoms with Crippen molar-refractivity contribution in [3.05, 3.63) is 23.0 Å². The van der Waals surface area contributed by atoms with E-state index in [-0.39, 0.29) is 10.9 Å². The third-order valence-corrected chi connectivity index (χ3v) is 1.81. The zero-order valence-corrected chi connectivity index (χ0v) is 7.97. The predicted molar refractivity (Wildman–Crippen MR) is 49.5 cm³/mol. The molecule has 2 nitrogen and oxygen atoms in total. The Morgan fingerprint density at radius 2 is 2.25 bits per heavy atom. The average Bonchev–Trinajstić information content (AvgIpc) is 1.96. The molecular weight excluding hydrogens is 174 g/mol. The molecule has 12 heavy (non-hydrogen) atoms. The van der Waals surface area contributed by atoms with E-state index < -0.39 is 0 Å². The maximum Gasteiger partial charge on any atom is 0.170 e. The fourth-order valence-corrected chi connectivity index (χ4v) is 1.16. The second-order valence-corrected chi connectivity index (χ2v) is 3.61. The lowest BCUT2D eigenvalue weighted by Crippen LogP contribution is -1.94. The second-order valence-electron chi connectivity index (χ2n) is 3.25. The molecular formula is C9H12ClNO. The van der Waals surface area contributed by atoms with Crippen LogP contribution in [0.2, 0.25) is 5.15 Å². The Morgan fingerprint density at radius 3 is 2.75 bits per heavy atom. The first-order valence-electron chi connectivity index (χ1n) is 3.93. The van der Waals surface area contributed by atoms with Gasteiger partial charge in [0.15, 0.2) is 10.9 Å². The molecule has 3 heteroatoms. The molecule has 0 aromatic carbocycles. The highest BCUT2D eigenvalue weighted by atomic mass is 35.5. The van der Waals surface area contributed by atoms with Gasteiger partial charge in [-0.15, -0.1) is 0 Å². The molecule has 0 bridgehead atoms. The monoisotopic (exact) mass is 185 g/mol. The smallest absolute Gasteiger partial charge is 0.170 e. The molecule has 1 aromatic rings. The van der Waals surface area contributed by atoms with Gasteiger partial charge in [-0.05, 0) is 24.0 Å². The van der Waals surface area contributed by atoms with Crippen molar-refractivity contribution < 1.29 is 5.11 Å². The molecule has 0 atom stereocenters. The van der Waals surface area contributed by atoms with Crippen LogP contribution in [0, 0.1) is 5.92 Å². The van der Waals surface area contributed by atoms with Crippen molar-refractivity contribution in [3.8, 4) is 5.75 Å². The normalized spacial score (nSPS) is 10.7. The molecule has 1 rings (SSSR count). The lowest BCUT2D eigenvalue weighted by molar-refractivity contribution is 0.471. The molecule has 0 spiro atoms. The van der Waals surface area contributed by atoms with Crippen molar-refractivity contribution in [3.63, 3.8) is 0 Å². The number of halogens is 1. The Morgan fingerprint density at radius 1 is 1.58 bits per heavy atom. The maximum absolute atomic E-state index is 9.22. The Hall–Kier alpha value is -0.760. The van der Waals surface area contributed by atoms with E-state index in [0.29, 0.717) is 5.92 Å². The molecule has 0 fully saturated rings. The Bertz CT molecular complexity index is 273. The van der Waals surface area contributed by atoms with Gasteiger partial charge in [-0.1, -0.05) is 25.4 Å². The maximum atomic E-state index is 9.22. The Labute approximate surface area is 77.2 Å². The fourth-order valence-electron chi connectivity index (χ4n) is 1.06. The van der Waals surface area contributed by atoms with Crippen LogP contribution < -0.4 is 0 Å². The van der Waals surface area contributed by atoms with E-state index >= 15 is 0 Å². The molecule has 0 radical (unpaired) electrons. The third kappa shape index (κ3) is 2.38. The summed E-state index contributed by atoms with van der Waals surface area (Å²) in [4.78, 5) is 3.85. The highest BCUT2D eigenvalue weighted by molar-refractivity contribution is 6.30.